The number of halogens is 2. The van der Waals surface area contributed by atoms with Crippen LogP contribution in [0.25, 0.3) is 0 Å². The molecule has 2 aromatic heterocycles. The van der Waals surface area contributed by atoms with E-state index >= 15 is 0 Å². The summed E-state index contributed by atoms with van der Waals surface area (Å²) in [6.45, 7) is 1.75. The average molecular weight is 283 g/mol. The maximum Gasteiger partial charge on any atom is 0.276 e. The lowest BCUT2D eigenvalue weighted by atomic mass is 10.3. The van der Waals surface area contributed by atoms with E-state index in [1.807, 2.05) is 0 Å². The highest BCUT2D eigenvalue weighted by Crippen LogP contribution is 2.12. The van der Waals surface area contributed by atoms with Crippen LogP contribution >= 0.6 is 23.2 Å². The van der Waals surface area contributed by atoms with E-state index in [-0.39, 0.29) is 16.8 Å². The van der Waals surface area contributed by atoms with E-state index in [1.54, 1.807) is 19.1 Å². The SMILES string of the molecule is Cc1cc(Cl)nc(NC(=O)c2cc(Cl)ccn2)n1. The molecule has 1 N–H and O–H groups in total. The van der Waals surface area contributed by atoms with Crippen LogP contribution in [0, 0.1) is 6.92 Å². The van der Waals surface area contributed by atoms with Crippen LogP contribution in [0.3, 0.4) is 0 Å². The summed E-state index contributed by atoms with van der Waals surface area (Å²) in [5.41, 5.74) is 0.841. The van der Waals surface area contributed by atoms with Gasteiger partial charge in [0, 0.05) is 16.9 Å². The van der Waals surface area contributed by atoms with Crippen LogP contribution in [0.15, 0.2) is 24.4 Å². The number of aryl methyl sites for hydroxylation is 1. The van der Waals surface area contributed by atoms with Crippen molar-refractivity contribution < 1.29 is 4.79 Å². The first-order chi connectivity index (χ1) is 8.54. The number of pyridine rings is 1. The second-order valence-corrected chi connectivity index (χ2v) is 4.29. The van der Waals surface area contributed by atoms with Crippen LogP contribution in [0.4, 0.5) is 5.95 Å². The lowest BCUT2D eigenvalue weighted by molar-refractivity contribution is 0.102. The van der Waals surface area contributed by atoms with Crippen molar-refractivity contribution in [3.05, 3.63) is 46.0 Å². The molecule has 0 bridgehead atoms. The van der Waals surface area contributed by atoms with Gasteiger partial charge >= 0.3 is 0 Å². The molecule has 0 fully saturated rings. The normalized spacial score (nSPS) is 10.2. The van der Waals surface area contributed by atoms with Gasteiger partial charge in [-0.25, -0.2) is 9.97 Å². The molecule has 2 rings (SSSR count). The van der Waals surface area contributed by atoms with E-state index in [2.05, 4.69) is 20.3 Å². The van der Waals surface area contributed by atoms with Crippen LogP contribution in [0.5, 0.6) is 0 Å². The summed E-state index contributed by atoms with van der Waals surface area (Å²) >= 11 is 11.5. The smallest absolute Gasteiger partial charge is 0.276 e. The molecule has 0 aliphatic carbocycles. The average Bonchev–Trinajstić information content (AvgIpc) is 2.27. The van der Waals surface area contributed by atoms with Crippen molar-refractivity contribution in [2.45, 2.75) is 6.92 Å². The Kier molecular flexibility index (Phi) is 3.74. The summed E-state index contributed by atoms with van der Waals surface area (Å²) in [6, 6.07) is 4.63. The van der Waals surface area contributed by atoms with Crippen LogP contribution in [-0.2, 0) is 0 Å². The Morgan fingerprint density at radius 1 is 1.28 bits per heavy atom. The van der Waals surface area contributed by atoms with Gasteiger partial charge < -0.3 is 0 Å². The second-order valence-electron chi connectivity index (χ2n) is 3.47. The Morgan fingerprint density at radius 3 is 2.72 bits per heavy atom. The van der Waals surface area contributed by atoms with Crippen molar-refractivity contribution in [2.24, 2.45) is 0 Å². The fraction of sp³-hybridized carbons (Fsp3) is 0.0909. The maximum atomic E-state index is 11.8. The zero-order valence-corrected chi connectivity index (χ0v) is 10.8. The first-order valence-electron chi connectivity index (χ1n) is 4.99. The van der Waals surface area contributed by atoms with Gasteiger partial charge in [0.15, 0.2) is 0 Å². The molecular weight excluding hydrogens is 275 g/mol. The Bertz CT molecular complexity index is 583. The van der Waals surface area contributed by atoms with Crippen molar-refractivity contribution in [3.8, 4) is 0 Å². The van der Waals surface area contributed by atoms with Gasteiger partial charge in [0.25, 0.3) is 5.91 Å². The standard InChI is InChI=1S/C11H8Cl2N4O/c1-6-4-9(13)16-11(15-6)17-10(18)8-5-7(12)2-3-14-8/h2-5H,1H3,(H,15,16,17,18). The molecule has 0 aromatic carbocycles. The van der Waals surface area contributed by atoms with Gasteiger partial charge in [-0.1, -0.05) is 23.2 Å². The van der Waals surface area contributed by atoms with Crippen molar-refractivity contribution in [2.75, 3.05) is 5.32 Å². The molecule has 0 saturated heterocycles. The first-order valence-corrected chi connectivity index (χ1v) is 5.74. The quantitative estimate of drug-likeness (QED) is 0.860. The molecule has 0 unspecified atom stereocenters. The largest absolute Gasteiger partial charge is 0.289 e. The molecule has 5 nitrogen and oxygen atoms in total. The Hall–Kier alpha value is -1.72. The van der Waals surface area contributed by atoms with E-state index in [1.165, 1.54) is 12.3 Å². The van der Waals surface area contributed by atoms with Gasteiger partial charge in [0.1, 0.15) is 10.8 Å². The first kappa shape index (κ1) is 12.7. The lowest BCUT2D eigenvalue weighted by Crippen LogP contribution is -2.15. The predicted octanol–water partition coefficient (Wildman–Crippen LogP) is 2.74. The van der Waals surface area contributed by atoms with Gasteiger partial charge in [0.05, 0.1) is 0 Å². The van der Waals surface area contributed by atoms with E-state index in [9.17, 15) is 4.79 Å². The number of carbonyl (C=O) groups is 1. The summed E-state index contributed by atoms with van der Waals surface area (Å²) in [4.78, 5) is 23.6. The molecule has 0 radical (unpaired) electrons. The van der Waals surface area contributed by atoms with E-state index in [0.717, 1.165) is 0 Å². The molecule has 18 heavy (non-hydrogen) atoms. The lowest BCUT2D eigenvalue weighted by Gasteiger charge is -2.04. The molecule has 2 aromatic rings. The van der Waals surface area contributed by atoms with Crippen LogP contribution in [0.2, 0.25) is 10.2 Å². The van der Waals surface area contributed by atoms with Gasteiger partial charge in [0.2, 0.25) is 5.95 Å². The number of hydrogen-bond donors (Lipinski definition) is 1. The fourth-order valence-electron chi connectivity index (χ4n) is 1.28. The molecule has 7 heteroatoms. The summed E-state index contributed by atoms with van der Waals surface area (Å²) in [7, 11) is 0. The van der Waals surface area contributed by atoms with E-state index in [0.29, 0.717) is 10.7 Å². The summed E-state index contributed by atoms with van der Waals surface area (Å²) < 4.78 is 0. The summed E-state index contributed by atoms with van der Waals surface area (Å²) in [6.07, 6.45) is 1.45. The third-order valence-electron chi connectivity index (χ3n) is 2.00. The number of aromatic nitrogens is 3. The van der Waals surface area contributed by atoms with E-state index in [4.69, 9.17) is 23.2 Å². The van der Waals surface area contributed by atoms with Crippen LogP contribution < -0.4 is 5.32 Å². The zero-order chi connectivity index (χ0) is 13.1. The Labute approximate surface area is 113 Å². The number of carbonyl (C=O) groups excluding carboxylic acids is 1. The molecule has 2 heterocycles. The minimum atomic E-state index is -0.445. The van der Waals surface area contributed by atoms with Crippen molar-refractivity contribution in [1.29, 1.82) is 0 Å². The Morgan fingerprint density at radius 2 is 2.06 bits per heavy atom. The molecule has 0 aliphatic rings. The highest BCUT2D eigenvalue weighted by Gasteiger charge is 2.10. The van der Waals surface area contributed by atoms with Crippen molar-refractivity contribution in [1.82, 2.24) is 15.0 Å². The van der Waals surface area contributed by atoms with Crippen molar-refractivity contribution >= 4 is 35.1 Å². The third kappa shape index (κ3) is 3.15. The van der Waals surface area contributed by atoms with Crippen LogP contribution in [-0.4, -0.2) is 20.9 Å². The predicted molar refractivity (Wildman–Crippen MR) is 69.0 cm³/mol. The van der Waals surface area contributed by atoms with Gasteiger partial charge in [-0.15, -0.1) is 0 Å². The summed E-state index contributed by atoms with van der Waals surface area (Å²) in [5, 5.41) is 3.19. The summed E-state index contributed by atoms with van der Waals surface area (Å²) in [5.74, 6) is -0.314. The third-order valence-corrected chi connectivity index (χ3v) is 2.43. The number of anilines is 1. The molecule has 92 valence electrons. The molecule has 0 saturated carbocycles. The number of nitrogens with zero attached hydrogens (tertiary/aromatic N) is 3. The zero-order valence-electron chi connectivity index (χ0n) is 9.32. The molecule has 0 atom stereocenters. The van der Waals surface area contributed by atoms with Crippen LogP contribution in [0.1, 0.15) is 16.2 Å². The van der Waals surface area contributed by atoms with E-state index < -0.39 is 5.91 Å². The number of rotatable bonds is 2. The minimum Gasteiger partial charge on any atom is -0.289 e. The van der Waals surface area contributed by atoms with Crippen molar-refractivity contribution in [3.63, 3.8) is 0 Å². The molecule has 0 spiro atoms. The number of nitrogens with one attached hydrogen (secondary N) is 1. The van der Waals surface area contributed by atoms with Gasteiger partial charge in [-0.2, -0.15) is 0 Å². The minimum absolute atomic E-state index is 0.131. The maximum absolute atomic E-state index is 11.8. The highest BCUT2D eigenvalue weighted by atomic mass is 35.5. The molecular formula is C11H8Cl2N4O. The van der Waals surface area contributed by atoms with Gasteiger partial charge in [-0.05, 0) is 25.1 Å². The number of hydrogen-bond acceptors (Lipinski definition) is 4. The number of amides is 1. The molecule has 0 aliphatic heterocycles. The topological polar surface area (TPSA) is 67.8 Å². The molecule has 1 amide bonds. The highest BCUT2D eigenvalue weighted by molar-refractivity contribution is 6.31. The Balaban J connectivity index is 2.21. The second kappa shape index (κ2) is 5.29. The fourth-order valence-corrected chi connectivity index (χ4v) is 1.68. The van der Waals surface area contributed by atoms with Gasteiger partial charge in [-0.3, -0.25) is 15.1 Å². The monoisotopic (exact) mass is 282 g/mol.